The SMILES string of the molecule is CC(C)[C@H](N)C(=O)NCC(=O)NC(C)(C)CC(N)=O. The number of nitrogens with one attached hydrogen (secondary N) is 2. The van der Waals surface area contributed by atoms with Crippen molar-refractivity contribution in [3.05, 3.63) is 0 Å². The number of rotatable bonds is 7. The van der Waals surface area contributed by atoms with Gasteiger partial charge in [-0.1, -0.05) is 13.8 Å². The molecule has 0 bridgehead atoms. The number of carbonyl (C=O) groups is 3. The van der Waals surface area contributed by atoms with E-state index in [1.54, 1.807) is 13.8 Å². The quantitative estimate of drug-likeness (QED) is 0.467. The molecule has 0 aliphatic carbocycles. The summed E-state index contributed by atoms with van der Waals surface area (Å²) in [6.07, 6.45) is 0.0260. The van der Waals surface area contributed by atoms with Crippen molar-refractivity contribution in [2.75, 3.05) is 6.54 Å². The zero-order valence-corrected chi connectivity index (χ0v) is 11.9. The molecule has 0 unspecified atom stereocenters. The van der Waals surface area contributed by atoms with Crippen LogP contribution in [0.4, 0.5) is 0 Å². The minimum atomic E-state index is -0.742. The van der Waals surface area contributed by atoms with Gasteiger partial charge in [0.25, 0.3) is 0 Å². The maximum Gasteiger partial charge on any atom is 0.239 e. The van der Waals surface area contributed by atoms with Crippen LogP contribution >= 0.6 is 0 Å². The first kappa shape index (κ1) is 17.4. The Kier molecular flexibility index (Phi) is 6.47. The lowest BCUT2D eigenvalue weighted by molar-refractivity contribution is -0.128. The Morgan fingerprint density at radius 2 is 1.74 bits per heavy atom. The number of nitrogens with two attached hydrogens (primary N) is 2. The van der Waals surface area contributed by atoms with Crippen LogP contribution in [0.15, 0.2) is 0 Å². The van der Waals surface area contributed by atoms with Gasteiger partial charge in [-0.25, -0.2) is 0 Å². The summed E-state index contributed by atoms with van der Waals surface area (Å²) in [5, 5.41) is 5.06. The molecule has 0 aromatic rings. The monoisotopic (exact) mass is 272 g/mol. The molecule has 7 heteroatoms. The molecule has 0 heterocycles. The Morgan fingerprint density at radius 1 is 1.21 bits per heavy atom. The molecule has 0 spiro atoms. The van der Waals surface area contributed by atoms with E-state index >= 15 is 0 Å². The maximum absolute atomic E-state index is 11.6. The van der Waals surface area contributed by atoms with Gasteiger partial charge in [-0.05, 0) is 19.8 Å². The summed E-state index contributed by atoms with van der Waals surface area (Å²) in [5.74, 6) is -1.28. The minimum absolute atomic E-state index is 0.00522. The van der Waals surface area contributed by atoms with Gasteiger partial charge in [0.1, 0.15) is 0 Å². The fourth-order valence-electron chi connectivity index (χ4n) is 1.49. The van der Waals surface area contributed by atoms with Gasteiger partial charge in [-0.15, -0.1) is 0 Å². The Morgan fingerprint density at radius 3 is 2.16 bits per heavy atom. The first-order valence-corrected chi connectivity index (χ1v) is 6.18. The van der Waals surface area contributed by atoms with Crippen molar-refractivity contribution in [3.63, 3.8) is 0 Å². The number of hydrogen-bond acceptors (Lipinski definition) is 4. The fraction of sp³-hybridized carbons (Fsp3) is 0.750. The Labute approximate surface area is 113 Å². The summed E-state index contributed by atoms with van der Waals surface area (Å²) in [6.45, 7) is 6.82. The standard InChI is InChI=1S/C12H24N4O3/c1-7(2)10(14)11(19)15-6-9(18)16-12(3,4)5-8(13)17/h7,10H,5-6,14H2,1-4H3,(H2,13,17)(H,15,19)(H,16,18)/t10-/m0/s1. The molecule has 0 aromatic heterocycles. The predicted octanol–water partition coefficient (Wildman–Crippen LogP) is -1.14. The van der Waals surface area contributed by atoms with E-state index in [0.29, 0.717) is 0 Å². The van der Waals surface area contributed by atoms with Crippen molar-refractivity contribution < 1.29 is 14.4 Å². The highest BCUT2D eigenvalue weighted by molar-refractivity contribution is 5.88. The third kappa shape index (κ3) is 7.40. The fourth-order valence-corrected chi connectivity index (χ4v) is 1.49. The molecular weight excluding hydrogens is 248 g/mol. The van der Waals surface area contributed by atoms with Gasteiger partial charge >= 0.3 is 0 Å². The van der Waals surface area contributed by atoms with Crippen molar-refractivity contribution in [2.45, 2.75) is 45.7 Å². The van der Waals surface area contributed by atoms with E-state index in [9.17, 15) is 14.4 Å². The molecule has 0 fully saturated rings. The lowest BCUT2D eigenvalue weighted by Crippen LogP contribution is -2.51. The molecule has 0 aliphatic heterocycles. The second kappa shape index (κ2) is 7.08. The van der Waals surface area contributed by atoms with E-state index in [4.69, 9.17) is 11.5 Å². The maximum atomic E-state index is 11.6. The molecule has 3 amide bonds. The van der Waals surface area contributed by atoms with Crippen LogP contribution in [0.3, 0.4) is 0 Å². The molecule has 0 rings (SSSR count). The van der Waals surface area contributed by atoms with E-state index in [0.717, 1.165) is 0 Å². The second-order valence-electron chi connectivity index (χ2n) is 5.56. The number of amides is 3. The van der Waals surface area contributed by atoms with Crippen LogP contribution in [-0.4, -0.2) is 35.8 Å². The highest BCUT2D eigenvalue weighted by atomic mass is 16.2. The van der Waals surface area contributed by atoms with Crippen molar-refractivity contribution in [3.8, 4) is 0 Å². The second-order valence-corrected chi connectivity index (χ2v) is 5.56. The van der Waals surface area contributed by atoms with Gasteiger partial charge in [0, 0.05) is 12.0 Å². The highest BCUT2D eigenvalue weighted by Crippen LogP contribution is 2.06. The number of primary amides is 1. The number of hydrogen-bond donors (Lipinski definition) is 4. The molecule has 19 heavy (non-hydrogen) atoms. The number of carbonyl (C=O) groups excluding carboxylic acids is 3. The molecule has 110 valence electrons. The normalized spacial score (nSPS) is 12.9. The summed E-state index contributed by atoms with van der Waals surface area (Å²) in [6, 6.07) is -0.647. The molecule has 0 aromatic carbocycles. The van der Waals surface area contributed by atoms with Gasteiger partial charge in [-0.3, -0.25) is 14.4 Å². The van der Waals surface area contributed by atoms with Crippen LogP contribution < -0.4 is 22.1 Å². The van der Waals surface area contributed by atoms with Gasteiger partial charge in [0.2, 0.25) is 17.7 Å². The van der Waals surface area contributed by atoms with Crippen LogP contribution in [-0.2, 0) is 14.4 Å². The first-order chi connectivity index (χ1) is 8.55. The molecule has 0 radical (unpaired) electrons. The van der Waals surface area contributed by atoms with Gasteiger partial charge in [0.15, 0.2) is 0 Å². The molecular formula is C12H24N4O3. The Hall–Kier alpha value is -1.63. The van der Waals surface area contributed by atoms with Gasteiger partial charge < -0.3 is 22.1 Å². The van der Waals surface area contributed by atoms with Crippen molar-refractivity contribution in [1.82, 2.24) is 10.6 Å². The zero-order chi connectivity index (χ0) is 15.2. The molecule has 0 saturated carbocycles. The first-order valence-electron chi connectivity index (χ1n) is 6.18. The third-order valence-corrected chi connectivity index (χ3v) is 2.54. The van der Waals surface area contributed by atoms with E-state index < -0.39 is 23.4 Å². The topological polar surface area (TPSA) is 127 Å². The summed E-state index contributed by atoms with van der Waals surface area (Å²) < 4.78 is 0. The largest absolute Gasteiger partial charge is 0.370 e. The van der Waals surface area contributed by atoms with Gasteiger partial charge in [0.05, 0.1) is 12.6 Å². The van der Waals surface area contributed by atoms with E-state index in [2.05, 4.69) is 10.6 Å². The average Bonchev–Trinajstić information content (AvgIpc) is 2.21. The van der Waals surface area contributed by atoms with Crippen LogP contribution in [0.1, 0.15) is 34.1 Å². The summed E-state index contributed by atoms with van der Waals surface area (Å²) in [7, 11) is 0. The van der Waals surface area contributed by atoms with E-state index in [1.807, 2.05) is 13.8 Å². The predicted molar refractivity (Wildman–Crippen MR) is 71.9 cm³/mol. The van der Waals surface area contributed by atoms with E-state index in [-0.39, 0.29) is 24.8 Å². The third-order valence-electron chi connectivity index (χ3n) is 2.54. The zero-order valence-electron chi connectivity index (χ0n) is 11.9. The Balaban J connectivity index is 4.19. The summed E-state index contributed by atoms with van der Waals surface area (Å²) >= 11 is 0. The van der Waals surface area contributed by atoms with E-state index in [1.165, 1.54) is 0 Å². The summed E-state index contributed by atoms with van der Waals surface area (Å²) in [4.78, 5) is 34.0. The molecule has 0 aliphatic rings. The van der Waals surface area contributed by atoms with Crippen LogP contribution in [0, 0.1) is 5.92 Å². The summed E-state index contributed by atoms with van der Waals surface area (Å²) in [5.41, 5.74) is 9.97. The van der Waals surface area contributed by atoms with Crippen LogP contribution in [0.5, 0.6) is 0 Å². The van der Waals surface area contributed by atoms with Gasteiger partial charge in [-0.2, -0.15) is 0 Å². The highest BCUT2D eigenvalue weighted by Gasteiger charge is 2.23. The Bertz CT molecular complexity index is 353. The van der Waals surface area contributed by atoms with Crippen LogP contribution in [0.25, 0.3) is 0 Å². The molecule has 6 N–H and O–H groups in total. The van der Waals surface area contributed by atoms with Crippen molar-refractivity contribution >= 4 is 17.7 Å². The molecule has 1 atom stereocenters. The van der Waals surface area contributed by atoms with Crippen LogP contribution in [0.2, 0.25) is 0 Å². The molecule has 0 saturated heterocycles. The average molecular weight is 272 g/mol. The lowest BCUT2D eigenvalue weighted by atomic mass is 10.0. The molecule has 7 nitrogen and oxygen atoms in total. The van der Waals surface area contributed by atoms with Crippen molar-refractivity contribution in [2.24, 2.45) is 17.4 Å². The lowest BCUT2D eigenvalue weighted by Gasteiger charge is -2.25. The smallest absolute Gasteiger partial charge is 0.239 e. The van der Waals surface area contributed by atoms with Crippen molar-refractivity contribution in [1.29, 1.82) is 0 Å². The minimum Gasteiger partial charge on any atom is -0.370 e.